The van der Waals surface area contributed by atoms with Gasteiger partial charge >= 0.3 is 0 Å². The molecule has 1 atom stereocenters. The highest BCUT2D eigenvalue weighted by atomic mass is 16.6. The molecule has 6 nitrogen and oxygen atoms in total. The molecule has 2 aromatic rings. The van der Waals surface area contributed by atoms with Crippen molar-refractivity contribution >= 4 is 17.3 Å². The van der Waals surface area contributed by atoms with Crippen LogP contribution in [0.5, 0.6) is 0 Å². The molecule has 1 N–H and O–H groups in total. The third kappa shape index (κ3) is 2.50. The van der Waals surface area contributed by atoms with Crippen LogP contribution in [0.2, 0.25) is 0 Å². The summed E-state index contributed by atoms with van der Waals surface area (Å²) >= 11 is 0. The predicted molar refractivity (Wildman–Crippen MR) is 91.8 cm³/mol. The second kappa shape index (κ2) is 5.96. The molecule has 1 aliphatic rings. The topological polar surface area (TPSA) is 75.5 Å². The standard InChI is InChI=1S/C18H19N3O3/c1-3-12-20-17(22)15-6-4-5-7-16(15)19-18(20,2)13-8-10-14(11-9-13)21(23)24/h4-11,19H,3,12H2,1-2H3. The van der Waals surface area contributed by atoms with E-state index in [4.69, 9.17) is 0 Å². The Balaban J connectivity index is 2.08. The molecule has 0 saturated heterocycles. The largest absolute Gasteiger partial charge is 0.358 e. The molecule has 0 spiro atoms. The Morgan fingerprint density at radius 2 is 1.83 bits per heavy atom. The lowest BCUT2D eigenvalue weighted by Crippen LogP contribution is -2.56. The Bertz CT molecular complexity index is 788. The number of nitrogens with zero attached hydrogens (tertiary/aromatic N) is 2. The molecule has 3 rings (SSSR count). The summed E-state index contributed by atoms with van der Waals surface area (Å²) in [5.74, 6) is -0.0351. The minimum atomic E-state index is -0.753. The molecule has 1 heterocycles. The minimum absolute atomic E-state index is 0.0342. The van der Waals surface area contributed by atoms with Crippen molar-refractivity contribution in [1.82, 2.24) is 4.90 Å². The second-order valence-corrected chi connectivity index (χ2v) is 6.00. The van der Waals surface area contributed by atoms with Gasteiger partial charge in [-0.3, -0.25) is 14.9 Å². The van der Waals surface area contributed by atoms with Crippen molar-refractivity contribution in [3.8, 4) is 0 Å². The molecule has 24 heavy (non-hydrogen) atoms. The maximum atomic E-state index is 12.9. The number of nitro benzene ring substituents is 1. The minimum Gasteiger partial charge on any atom is -0.358 e. The molecular formula is C18H19N3O3. The lowest BCUT2D eigenvalue weighted by molar-refractivity contribution is -0.384. The number of hydrogen-bond acceptors (Lipinski definition) is 4. The molecule has 1 aliphatic heterocycles. The second-order valence-electron chi connectivity index (χ2n) is 6.00. The Hall–Kier alpha value is -2.89. The molecule has 0 aromatic heterocycles. The lowest BCUT2D eigenvalue weighted by atomic mass is 9.93. The number of anilines is 1. The third-order valence-electron chi connectivity index (χ3n) is 4.41. The Morgan fingerprint density at radius 3 is 2.46 bits per heavy atom. The first-order chi connectivity index (χ1) is 11.5. The molecule has 0 radical (unpaired) electrons. The van der Waals surface area contributed by atoms with Gasteiger partial charge in [-0.15, -0.1) is 0 Å². The van der Waals surface area contributed by atoms with E-state index in [0.717, 1.165) is 17.7 Å². The molecule has 0 bridgehead atoms. The quantitative estimate of drug-likeness (QED) is 0.686. The Kier molecular flexibility index (Phi) is 3.97. The number of amides is 1. The molecule has 0 fully saturated rings. The van der Waals surface area contributed by atoms with Crippen LogP contribution < -0.4 is 5.32 Å². The number of nitro groups is 1. The van der Waals surface area contributed by atoms with Crippen molar-refractivity contribution in [2.24, 2.45) is 0 Å². The number of carbonyl (C=O) groups is 1. The van der Waals surface area contributed by atoms with Crippen LogP contribution in [0.4, 0.5) is 11.4 Å². The van der Waals surface area contributed by atoms with Crippen LogP contribution in [0.25, 0.3) is 0 Å². The van der Waals surface area contributed by atoms with E-state index in [0.29, 0.717) is 12.1 Å². The van der Waals surface area contributed by atoms with E-state index in [1.54, 1.807) is 17.0 Å². The summed E-state index contributed by atoms with van der Waals surface area (Å²) in [6.45, 7) is 4.54. The van der Waals surface area contributed by atoms with E-state index in [1.165, 1.54) is 12.1 Å². The summed E-state index contributed by atoms with van der Waals surface area (Å²) in [6, 6.07) is 13.8. The first-order valence-electron chi connectivity index (χ1n) is 7.91. The zero-order chi connectivity index (χ0) is 17.3. The average molecular weight is 325 g/mol. The van der Waals surface area contributed by atoms with Crippen molar-refractivity contribution in [2.75, 3.05) is 11.9 Å². The van der Waals surface area contributed by atoms with Gasteiger partial charge in [-0.25, -0.2) is 0 Å². The molecule has 124 valence electrons. The highest BCUT2D eigenvalue weighted by Crippen LogP contribution is 2.38. The van der Waals surface area contributed by atoms with Crippen molar-refractivity contribution in [1.29, 1.82) is 0 Å². The summed E-state index contributed by atoms with van der Waals surface area (Å²) in [6.07, 6.45) is 0.818. The zero-order valence-corrected chi connectivity index (χ0v) is 13.7. The summed E-state index contributed by atoms with van der Waals surface area (Å²) < 4.78 is 0. The highest BCUT2D eigenvalue weighted by Gasteiger charge is 2.41. The molecule has 1 unspecified atom stereocenters. The third-order valence-corrected chi connectivity index (χ3v) is 4.41. The van der Waals surface area contributed by atoms with E-state index < -0.39 is 10.6 Å². The first kappa shape index (κ1) is 16.0. The van der Waals surface area contributed by atoms with Gasteiger partial charge in [0.15, 0.2) is 0 Å². The number of hydrogen-bond donors (Lipinski definition) is 1. The van der Waals surface area contributed by atoms with Gasteiger partial charge in [0.25, 0.3) is 11.6 Å². The van der Waals surface area contributed by atoms with Gasteiger partial charge in [0.1, 0.15) is 5.66 Å². The number of benzene rings is 2. The van der Waals surface area contributed by atoms with Crippen LogP contribution in [0.1, 0.15) is 36.2 Å². The summed E-state index contributed by atoms with van der Waals surface area (Å²) in [7, 11) is 0. The van der Waals surface area contributed by atoms with Gasteiger partial charge in [0, 0.05) is 24.4 Å². The summed E-state index contributed by atoms with van der Waals surface area (Å²) in [5.41, 5.74) is 1.51. The van der Waals surface area contributed by atoms with Crippen LogP contribution in [0.15, 0.2) is 48.5 Å². The highest BCUT2D eigenvalue weighted by molar-refractivity contribution is 6.02. The molecule has 1 amide bonds. The van der Waals surface area contributed by atoms with Crippen molar-refractivity contribution in [3.05, 3.63) is 69.8 Å². The van der Waals surface area contributed by atoms with E-state index in [-0.39, 0.29) is 11.6 Å². The molecule has 0 saturated carbocycles. The monoisotopic (exact) mass is 325 g/mol. The number of carbonyl (C=O) groups excluding carboxylic acids is 1. The number of fused-ring (bicyclic) bond motifs is 1. The average Bonchev–Trinajstić information content (AvgIpc) is 2.59. The molecule has 6 heteroatoms. The van der Waals surface area contributed by atoms with Gasteiger partial charge in [0.05, 0.1) is 10.5 Å². The molecule has 2 aromatic carbocycles. The smallest absolute Gasteiger partial charge is 0.269 e. The number of non-ortho nitro benzene ring substituents is 1. The van der Waals surface area contributed by atoms with Gasteiger partial charge < -0.3 is 10.2 Å². The fraction of sp³-hybridized carbons (Fsp3) is 0.278. The Morgan fingerprint density at radius 1 is 1.17 bits per heavy atom. The maximum Gasteiger partial charge on any atom is 0.269 e. The first-order valence-corrected chi connectivity index (χ1v) is 7.91. The van der Waals surface area contributed by atoms with Crippen molar-refractivity contribution in [3.63, 3.8) is 0 Å². The van der Waals surface area contributed by atoms with Crippen LogP contribution >= 0.6 is 0 Å². The van der Waals surface area contributed by atoms with Gasteiger partial charge in [-0.1, -0.05) is 19.1 Å². The number of nitrogens with one attached hydrogen (secondary N) is 1. The molecular weight excluding hydrogens is 306 g/mol. The fourth-order valence-electron chi connectivity index (χ4n) is 3.14. The normalized spacial score (nSPS) is 19.6. The fourth-order valence-corrected chi connectivity index (χ4v) is 3.14. The van der Waals surface area contributed by atoms with E-state index in [9.17, 15) is 14.9 Å². The Labute approximate surface area is 140 Å². The van der Waals surface area contributed by atoms with E-state index in [1.807, 2.05) is 38.1 Å². The van der Waals surface area contributed by atoms with Gasteiger partial charge in [-0.2, -0.15) is 0 Å². The van der Waals surface area contributed by atoms with E-state index in [2.05, 4.69) is 5.32 Å². The van der Waals surface area contributed by atoms with Crippen LogP contribution in [-0.4, -0.2) is 22.3 Å². The van der Waals surface area contributed by atoms with Crippen molar-refractivity contribution in [2.45, 2.75) is 25.9 Å². The molecule has 0 aliphatic carbocycles. The summed E-state index contributed by atoms with van der Waals surface area (Å²) in [5, 5.41) is 14.3. The number of para-hydroxylation sites is 1. The van der Waals surface area contributed by atoms with E-state index >= 15 is 0 Å². The predicted octanol–water partition coefficient (Wildman–Crippen LogP) is 3.75. The maximum absolute atomic E-state index is 12.9. The van der Waals surface area contributed by atoms with Crippen LogP contribution in [-0.2, 0) is 5.66 Å². The van der Waals surface area contributed by atoms with Crippen molar-refractivity contribution < 1.29 is 9.72 Å². The van der Waals surface area contributed by atoms with Crippen LogP contribution in [0, 0.1) is 10.1 Å². The lowest BCUT2D eigenvalue weighted by Gasteiger charge is -2.46. The SMILES string of the molecule is CCCN1C(=O)c2ccccc2NC1(C)c1ccc([N+](=O)[O-])cc1. The summed E-state index contributed by atoms with van der Waals surface area (Å²) in [4.78, 5) is 25.2. The van der Waals surface area contributed by atoms with Crippen LogP contribution in [0.3, 0.4) is 0 Å². The van der Waals surface area contributed by atoms with Gasteiger partial charge in [-0.05, 0) is 43.2 Å². The van der Waals surface area contributed by atoms with Gasteiger partial charge in [0.2, 0.25) is 0 Å². The zero-order valence-electron chi connectivity index (χ0n) is 13.7. The number of rotatable bonds is 4.